The number of aliphatic hydroxyl groups excluding tert-OH is 2. The van der Waals surface area contributed by atoms with Gasteiger partial charge >= 0.3 is 5.63 Å². The normalized spacial score (nSPS) is 15.8. The molecule has 1 heterocycles. The Bertz CT molecular complexity index is 1050. The molecule has 6 heteroatoms. The molecule has 4 rings (SSSR count). The van der Waals surface area contributed by atoms with E-state index in [-0.39, 0.29) is 23.7 Å². The first-order chi connectivity index (χ1) is 13.6. The predicted molar refractivity (Wildman–Crippen MR) is 104 cm³/mol. The summed E-state index contributed by atoms with van der Waals surface area (Å²) in [6.07, 6.45) is 0.854. The molecule has 0 saturated heterocycles. The van der Waals surface area contributed by atoms with Gasteiger partial charge in [0.15, 0.2) is 11.5 Å². The second kappa shape index (κ2) is 7.66. The average Bonchev–Trinajstić information content (AvgIpc) is 2.72. The largest absolute Gasteiger partial charge is 0.504 e. The SMILES string of the molecule is O=c1oc2cccc(C(O)C(O)COc3ccccc3O)c2c2c1CCCC2. The first-order valence-corrected chi connectivity index (χ1v) is 9.40. The van der Waals surface area contributed by atoms with Gasteiger partial charge in [-0.25, -0.2) is 4.79 Å². The number of hydrogen-bond donors (Lipinski definition) is 3. The van der Waals surface area contributed by atoms with Gasteiger partial charge in [-0.2, -0.15) is 0 Å². The van der Waals surface area contributed by atoms with Crippen LogP contribution in [-0.2, 0) is 12.8 Å². The molecule has 1 aromatic heterocycles. The van der Waals surface area contributed by atoms with Crippen molar-refractivity contribution in [3.8, 4) is 11.5 Å². The van der Waals surface area contributed by atoms with E-state index in [1.807, 2.05) is 0 Å². The molecule has 0 amide bonds. The molecule has 0 radical (unpaired) electrons. The fourth-order valence-electron chi connectivity index (χ4n) is 3.82. The molecule has 3 N–H and O–H groups in total. The van der Waals surface area contributed by atoms with Crippen molar-refractivity contribution < 1.29 is 24.5 Å². The summed E-state index contributed by atoms with van der Waals surface area (Å²) < 4.78 is 10.9. The number of fused-ring (bicyclic) bond motifs is 3. The lowest BCUT2D eigenvalue weighted by molar-refractivity contribution is -0.00875. The van der Waals surface area contributed by atoms with E-state index < -0.39 is 12.2 Å². The zero-order valence-electron chi connectivity index (χ0n) is 15.3. The van der Waals surface area contributed by atoms with E-state index in [4.69, 9.17) is 9.15 Å². The van der Waals surface area contributed by atoms with Gasteiger partial charge in [-0.05, 0) is 55.0 Å². The highest BCUT2D eigenvalue weighted by atomic mass is 16.5. The molecule has 28 heavy (non-hydrogen) atoms. The molecule has 2 unspecified atom stereocenters. The van der Waals surface area contributed by atoms with Crippen LogP contribution >= 0.6 is 0 Å². The van der Waals surface area contributed by atoms with E-state index in [1.165, 1.54) is 6.07 Å². The molecule has 3 aromatic rings. The Hall–Kier alpha value is -2.83. The van der Waals surface area contributed by atoms with Crippen molar-refractivity contribution in [1.82, 2.24) is 0 Å². The van der Waals surface area contributed by atoms with Crippen LogP contribution in [-0.4, -0.2) is 28.0 Å². The maximum atomic E-state index is 12.3. The van der Waals surface area contributed by atoms with Gasteiger partial charge in [-0.1, -0.05) is 24.3 Å². The number of phenols is 1. The number of phenolic OH excluding ortho intramolecular Hbond substituents is 1. The molecule has 0 saturated carbocycles. The molecule has 6 nitrogen and oxygen atoms in total. The molecular formula is C22H22O6. The van der Waals surface area contributed by atoms with Crippen molar-refractivity contribution in [3.05, 3.63) is 69.6 Å². The number of aliphatic hydroxyl groups is 2. The minimum atomic E-state index is -1.23. The van der Waals surface area contributed by atoms with E-state index in [2.05, 4.69) is 0 Å². The number of aromatic hydroxyl groups is 1. The quantitative estimate of drug-likeness (QED) is 0.587. The van der Waals surface area contributed by atoms with E-state index in [1.54, 1.807) is 36.4 Å². The Morgan fingerprint density at radius 1 is 1.00 bits per heavy atom. The minimum absolute atomic E-state index is 0.0369. The molecule has 1 aliphatic carbocycles. The number of para-hydroxylation sites is 2. The molecule has 2 aromatic carbocycles. The minimum Gasteiger partial charge on any atom is -0.504 e. The lowest BCUT2D eigenvalue weighted by atomic mass is 9.87. The fraction of sp³-hybridized carbons (Fsp3) is 0.318. The van der Waals surface area contributed by atoms with Gasteiger partial charge in [0.25, 0.3) is 0 Å². The molecule has 1 aliphatic rings. The van der Waals surface area contributed by atoms with E-state index in [0.29, 0.717) is 28.5 Å². The molecule has 0 fully saturated rings. The number of benzene rings is 2. The Balaban J connectivity index is 1.66. The molecule has 146 valence electrons. The zero-order valence-corrected chi connectivity index (χ0v) is 15.3. The summed E-state index contributed by atoms with van der Waals surface area (Å²) in [5.41, 5.74) is 2.17. The maximum Gasteiger partial charge on any atom is 0.339 e. The van der Waals surface area contributed by atoms with Crippen molar-refractivity contribution in [2.24, 2.45) is 0 Å². The van der Waals surface area contributed by atoms with Crippen LogP contribution in [0.3, 0.4) is 0 Å². The summed E-state index contributed by atoms with van der Waals surface area (Å²) in [5.74, 6) is 0.195. The van der Waals surface area contributed by atoms with E-state index in [9.17, 15) is 20.1 Å². The van der Waals surface area contributed by atoms with Gasteiger partial charge in [-0.3, -0.25) is 0 Å². The zero-order chi connectivity index (χ0) is 19.7. The number of aryl methyl sites for hydroxylation is 1. The van der Waals surface area contributed by atoms with E-state index in [0.717, 1.165) is 24.8 Å². The fourth-order valence-corrected chi connectivity index (χ4v) is 3.82. The van der Waals surface area contributed by atoms with Crippen LogP contribution in [0.1, 0.15) is 35.6 Å². The highest BCUT2D eigenvalue weighted by Gasteiger charge is 2.26. The smallest absolute Gasteiger partial charge is 0.339 e. The Morgan fingerprint density at radius 3 is 2.54 bits per heavy atom. The Kier molecular flexibility index (Phi) is 5.07. The molecule has 2 atom stereocenters. The summed E-state index contributed by atoms with van der Waals surface area (Å²) in [4.78, 5) is 12.3. The van der Waals surface area contributed by atoms with Gasteiger partial charge in [0.05, 0.1) is 0 Å². The predicted octanol–water partition coefficient (Wildman–Crippen LogP) is 2.85. The summed E-state index contributed by atoms with van der Waals surface area (Å²) in [5, 5.41) is 31.8. The van der Waals surface area contributed by atoms with E-state index >= 15 is 0 Å². The molecule has 0 bridgehead atoms. The molecule has 0 aliphatic heterocycles. The topological polar surface area (TPSA) is 100 Å². The lowest BCUT2D eigenvalue weighted by Crippen LogP contribution is -2.26. The Labute approximate surface area is 161 Å². The van der Waals surface area contributed by atoms with Crippen molar-refractivity contribution >= 4 is 11.0 Å². The van der Waals surface area contributed by atoms with Gasteiger partial charge in [-0.15, -0.1) is 0 Å². The average molecular weight is 382 g/mol. The monoisotopic (exact) mass is 382 g/mol. The van der Waals surface area contributed by atoms with Crippen LogP contribution < -0.4 is 10.4 Å². The Morgan fingerprint density at radius 2 is 1.75 bits per heavy atom. The van der Waals surface area contributed by atoms with Gasteiger partial charge in [0.1, 0.15) is 24.4 Å². The second-order valence-electron chi connectivity index (χ2n) is 7.07. The van der Waals surface area contributed by atoms with Crippen LogP contribution in [0.4, 0.5) is 0 Å². The third-order valence-corrected chi connectivity index (χ3v) is 5.24. The van der Waals surface area contributed by atoms with Crippen LogP contribution in [0.25, 0.3) is 11.0 Å². The number of rotatable bonds is 5. The van der Waals surface area contributed by atoms with Crippen LogP contribution in [0.15, 0.2) is 51.7 Å². The van der Waals surface area contributed by atoms with Crippen molar-refractivity contribution in [2.45, 2.75) is 37.9 Å². The second-order valence-corrected chi connectivity index (χ2v) is 7.07. The summed E-state index contributed by atoms with van der Waals surface area (Å²) >= 11 is 0. The van der Waals surface area contributed by atoms with Crippen LogP contribution in [0.2, 0.25) is 0 Å². The van der Waals surface area contributed by atoms with Gasteiger partial charge in [0.2, 0.25) is 0 Å². The van der Waals surface area contributed by atoms with Crippen molar-refractivity contribution in [1.29, 1.82) is 0 Å². The number of hydrogen-bond acceptors (Lipinski definition) is 6. The summed E-state index contributed by atoms with van der Waals surface area (Å²) in [6.45, 7) is -0.200. The third kappa shape index (κ3) is 3.37. The van der Waals surface area contributed by atoms with Crippen molar-refractivity contribution in [3.63, 3.8) is 0 Å². The molecular weight excluding hydrogens is 360 g/mol. The van der Waals surface area contributed by atoms with Gasteiger partial charge < -0.3 is 24.5 Å². The van der Waals surface area contributed by atoms with Gasteiger partial charge in [0, 0.05) is 10.9 Å². The molecule has 0 spiro atoms. The number of ether oxygens (including phenoxy) is 1. The van der Waals surface area contributed by atoms with Crippen LogP contribution in [0.5, 0.6) is 11.5 Å². The van der Waals surface area contributed by atoms with Crippen molar-refractivity contribution in [2.75, 3.05) is 6.61 Å². The lowest BCUT2D eigenvalue weighted by Gasteiger charge is -2.23. The maximum absolute atomic E-state index is 12.3. The first kappa shape index (κ1) is 18.5. The van der Waals surface area contributed by atoms with Crippen LogP contribution in [0, 0.1) is 0 Å². The summed E-state index contributed by atoms with van der Waals surface area (Å²) in [6, 6.07) is 11.6. The standard InChI is InChI=1S/C22H22O6/c23-16-9-3-4-10-18(16)27-12-17(24)21(25)15-8-5-11-19-20(15)13-6-1-2-7-14(13)22(26)28-19/h3-5,8-11,17,21,23-25H,1-2,6-7,12H2. The summed E-state index contributed by atoms with van der Waals surface area (Å²) in [7, 11) is 0. The third-order valence-electron chi connectivity index (χ3n) is 5.24. The highest BCUT2D eigenvalue weighted by Crippen LogP contribution is 2.33. The highest BCUT2D eigenvalue weighted by molar-refractivity contribution is 5.85. The first-order valence-electron chi connectivity index (χ1n) is 9.40.